The number of ether oxygens (including phenoxy) is 1. The molecule has 1 amide bonds. The first-order chi connectivity index (χ1) is 12.7. The van der Waals surface area contributed by atoms with Crippen molar-refractivity contribution in [1.82, 2.24) is 0 Å². The van der Waals surface area contributed by atoms with E-state index in [4.69, 9.17) is 4.74 Å². The van der Waals surface area contributed by atoms with Crippen LogP contribution in [0.15, 0.2) is 48.5 Å². The molecule has 1 aliphatic heterocycles. The Bertz CT molecular complexity index is 771. The molecule has 1 unspecified atom stereocenters. The molecule has 0 spiro atoms. The molecule has 26 heavy (non-hydrogen) atoms. The van der Waals surface area contributed by atoms with Crippen LogP contribution in [-0.2, 0) is 22.5 Å². The monoisotopic (exact) mass is 353 g/mol. The van der Waals surface area contributed by atoms with Gasteiger partial charge in [-0.2, -0.15) is 0 Å². The number of anilines is 1. The standard InChI is InChI=1S/C21H24N2O3/c1-2-13-26-21(25)17-7-9-19(10-8-17)22-20(24)15-23-12-11-16-5-3-4-6-18(16)14-23/h3-10H,2,11-15H2,1H3,(H,22,24)/p+1. The van der Waals surface area contributed by atoms with Crippen LogP contribution in [0.5, 0.6) is 0 Å². The molecule has 1 atom stereocenters. The van der Waals surface area contributed by atoms with Crippen LogP contribution in [0, 0.1) is 0 Å². The summed E-state index contributed by atoms with van der Waals surface area (Å²) in [6.45, 7) is 4.65. The molecule has 3 rings (SSSR count). The van der Waals surface area contributed by atoms with Gasteiger partial charge in [0.05, 0.1) is 18.7 Å². The predicted molar refractivity (Wildman–Crippen MR) is 100 cm³/mol. The van der Waals surface area contributed by atoms with E-state index in [9.17, 15) is 9.59 Å². The Morgan fingerprint density at radius 1 is 1.08 bits per heavy atom. The van der Waals surface area contributed by atoms with Gasteiger partial charge in [0.15, 0.2) is 6.54 Å². The van der Waals surface area contributed by atoms with Crippen molar-refractivity contribution in [3.63, 3.8) is 0 Å². The summed E-state index contributed by atoms with van der Waals surface area (Å²) in [7, 11) is 0. The normalized spacial score (nSPS) is 15.8. The first-order valence-corrected chi connectivity index (χ1v) is 9.13. The molecule has 0 saturated carbocycles. The van der Waals surface area contributed by atoms with Crippen LogP contribution in [0.2, 0.25) is 0 Å². The Balaban J connectivity index is 1.51. The van der Waals surface area contributed by atoms with E-state index < -0.39 is 0 Å². The summed E-state index contributed by atoms with van der Waals surface area (Å²) in [6, 6.07) is 15.3. The van der Waals surface area contributed by atoms with Gasteiger partial charge in [0.1, 0.15) is 6.54 Å². The zero-order valence-corrected chi connectivity index (χ0v) is 15.1. The highest BCUT2D eigenvalue weighted by molar-refractivity contribution is 5.93. The number of hydrogen-bond donors (Lipinski definition) is 2. The fourth-order valence-corrected chi connectivity index (χ4v) is 3.19. The fourth-order valence-electron chi connectivity index (χ4n) is 3.19. The van der Waals surface area contributed by atoms with Gasteiger partial charge in [0, 0.05) is 17.7 Å². The van der Waals surface area contributed by atoms with Gasteiger partial charge in [-0.15, -0.1) is 0 Å². The van der Waals surface area contributed by atoms with Gasteiger partial charge in [-0.25, -0.2) is 4.79 Å². The van der Waals surface area contributed by atoms with Crippen molar-refractivity contribution in [2.45, 2.75) is 26.3 Å². The minimum absolute atomic E-state index is 0.0132. The largest absolute Gasteiger partial charge is 0.462 e. The lowest BCUT2D eigenvalue weighted by atomic mass is 10.00. The number of quaternary nitrogens is 1. The molecule has 1 aliphatic rings. The van der Waals surface area contributed by atoms with E-state index >= 15 is 0 Å². The SMILES string of the molecule is CCCOC(=O)c1ccc(NC(=O)C[NH+]2CCc3ccccc3C2)cc1. The topological polar surface area (TPSA) is 59.8 Å². The zero-order chi connectivity index (χ0) is 18.4. The molecular formula is C21H25N2O3+. The van der Waals surface area contributed by atoms with E-state index in [2.05, 4.69) is 29.6 Å². The number of carbonyl (C=O) groups is 2. The van der Waals surface area contributed by atoms with Crippen molar-refractivity contribution in [3.05, 3.63) is 65.2 Å². The minimum atomic E-state index is -0.332. The Kier molecular flexibility index (Phi) is 6.02. The molecular weight excluding hydrogens is 328 g/mol. The molecule has 5 heteroatoms. The van der Waals surface area contributed by atoms with E-state index in [-0.39, 0.29) is 11.9 Å². The summed E-state index contributed by atoms with van der Waals surface area (Å²) in [6.07, 6.45) is 1.80. The molecule has 0 fully saturated rings. The highest BCUT2D eigenvalue weighted by atomic mass is 16.5. The Hall–Kier alpha value is -2.66. The molecule has 0 aliphatic carbocycles. The molecule has 1 heterocycles. The first-order valence-electron chi connectivity index (χ1n) is 9.13. The van der Waals surface area contributed by atoms with Gasteiger partial charge in [-0.05, 0) is 36.2 Å². The summed E-state index contributed by atoms with van der Waals surface area (Å²) in [5.41, 5.74) is 3.91. The number of esters is 1. The Labute approximate surface area is 154 Å². The number of hydrogen-bond acceptors (Lipinski definition) is 3. The van der Waals surface area contributed by atoms with Crippen LogP contribution in [0.4, 0.5) is 5.69 Å². The average Bonchev–Trinajstić information content (AvgIpc) is 2.66. The lowest BCUT2D eigenvalue weighted by Gasteiger charge is -2.25. The van der Waals surface area contributed by atoms with Crippen LogP contribution in [0.1, 0.15) is 34.8 Å². The molecule has 0 saturated heterocycles. The molecule has 2 N–H and O–H groups in total. The maximum atomic E-state index is 12.3. The number of nitrogens with one attached hydrogen (secondary N) is 2. The quantitative estimate of drug-likeness (QED) is 0.779. The van der Waals surface area contributed by atoms with Gasteiger partial charge in [0.25, 0.3) is 5.91 Å². The number of amides is 1. The van der Waals surface area contributed by atoms with Crippen molar-refractivity contribution < 1.29 is 19.2 Å². The highest BCUT2D eigenvalue weighted by Crippen LogP contribution is 2.12. The van der Waals surface area contributed by atoms with Crippen molar-refractivity contribution in [3.8, 4) is 0 Å². The maximum Gasteiger partial charge on any atom is 0.338 e. The van der Waals surface area contributed by atoms with Crippen molar-refractivity contribution in [2.75, 3.05) is 25.0 Å². The van der Waals surface area contributed by atoms with E-state index in [0.717, 1.165) is 25.9 Å². The summed E-state index contributed by atoms with van der Waals surface area (Å²) in [5.74, 6) is -0.346. The van der Waals surface area contributed by atoms with Crippen molar-refractivity contribution in [1.29, 1.82) is 0 Å². The van der Waals surface area contributed by atoms with E-state index in [0.29, 0.717) is 24.4 Å². The van der Waals surface area contributed by atoms with Crippen molar-refractivity contribution >= 4 is 17.6 Å². The fraction of sp³-hybridized carbons (Fsp3) is 0.333. The first kappa shape index (κ1) is 18.1. The number of rotatable bonds is 6. The third kappa shape index (κ3) is 4.70. The van der Waals surface area contributed by atoms with Crippen LogP contribution in [0.25, 0.3) is 0 Å². The molecule has 2 aromatic rings. The molecule has 2 aromatic carbocycles. The molecule has 5 nitrogen and oxygen atoms in total. The van der Waals surface area contributed by atoms with Crippen LogP contribution >= 0.6 is 0 Å². The molecule has 136 valence electrons. The second kappa shape index (κ2) is 8.63. The molecule has 0 bridgehead atoms. The van der Waals surface area contributed by atoms with E-state index in [1.807, 2.05) is 6.92 Å². The van der Waals surface area contributed by atoms with Gasteiger partial charge in [0.2, 0.25) is 0 Å². The van der Waals surface area contributed by atoms with Crippen LogP contribution in [-0.4, -0.2) is 31.6 Å². The van der Waals surface area contributed by atoms with Gasteiger partial charge >= 0.3 is 5.97 Å². The predicted octanol–water partition coefficient (Wildman–Crippen LogP) is 1.83. The van der Waals surface area contributed by atoms with Gasteiger partial charge in [-0.3, -0.25) is 4.79 Å². The highest BCUT2D eigenvalue weighted by Gasteiger charge is 2.21. The average molecular weight is 353 g/mol. The third-order valence-electron chi connectivity index (χ3n) is 4.56. The molecule has 0 aromatic heterocycles. The smallest absolute Gasteiger partial charge is 0.338 e. The second-order valence-corrected chi connectivity index (χ2v) is 6.63. The maximum absolute atomic E-state index is 12.3. The van der Waals surface area contributed by atoms with Crippen LogP contribution in [0.3, 0.4) is 0 Å². The lowest BCUT2D eigenvalue weighted by molar-refractivity contribution is -0.907. The lowest BCUT2D eigenvalue weighted by Crippen LogP contribution is -3.12. The van der Waals surface area contributed by atoms with Crippen LogP contribution < -0.4 is 10.2 Å². The Morgan fingerprint density at radius 3 is 2.54 bits per heavy atom. The number of benzene rings is 2. The third-order valence-corrected chi connectivity index (χ3v) is 4.56. The summed E-state index contributed by atoms with van der Waals surface area (Å²) >= 11 is 0. The number of carbonyl (C=O) groups excluding carboxylic acids is 2. The van der Waals surface area contributed by atoms with E-state index in [1.165, 1.54) is 16.0 Å². The second-order valence-electron chi connectivity index (χ2n) is 6.63. The zero-order valence-electron chi connectivity index (χ0n) is 15.1. The van der Waals surface area contributed by atoms with Gasteiger partial charge in [-0.1, -0.05) is 31.2 Å². The Morgan fingerprint density at radius 2 is 1.81 bits per heavy atom. The summed E-state index contributed by atoms with van der Waals surface area (Å²) in [4.78, 5) is 25.4. The minimum Gasteiger partial charge on any atom is -0.462 e. The van der Waals surface area contributed by atoms with Gasteiger partial charge < -0.3 is 15.0 Å². The van der Waals surface area contributed by atoms with Crippen molar-refractivity contribution in [2.24, 2.45) is 0 Å². The molecule has 0 radical (unpaired) electrons. The summed E-state index contributed by atoms with van der Waals surface area (Å²) < 4.78 is 5.10. The van der Waals surface area contributed by atoms with E-state index in [1.54, 1.807) is 24.3 Å². The summed E-state index contributed by atoms with van der Waals surface area (Å²) in [5, 5.41) is 2.91. The number of fused-ring (bicyclic) bond motifs is 1.